The zero-order chi connectivity index (χ0) is 22.0. The van der Waals surface area contributed by atoms with Crippen molar-refractivity contribution < 1.29 is 27.1 Å². The highest BCUT2D eigenvalue weighted by atomic mass is 32.2. The van der Waals surface area contributed by atoms with Gasteiger partial charge in [-0.25, -0.2) is 17.9 Å². The fraction of sp³-hybridized carbons (Fsp3) is 0.0870. The molecule has 0 aliphatic carbocycles. The molecule has 1 N–H and O–H groups in total. The van der Waals surface area contributed by atoms with Gasteiger partial charge in [-0.1, -0.05) is 24.3 Å². The van der Waals surface area contributed by atoms with Gasteiger partial charge in [-0.05, 0) is 55.1 Å². The number of fused-ring (bicyclic) bond motifs is 3. The van der Waals surface area contributed by atoms with Crippen molar-refractivity contribution in [3.8, 4) is 11.5 Å². The monoisotopic (exact) mass is 437 g/mol. The van der Waals surface area contributed by atoms with Crippen LogP contribution in [0.2, 0.25) is 0 Å². The minimum Gasteiger partial charge on any atom is -0.495 e. The normalized spacial score (nSPS) is 11.9. The molecule has 0 aliphatic rings. The van der Waals surface area contributed by atoms with Crippen molar-refractivity contribution in [3.05, 3.63) is 72.3 Å². The number of para-hydroxylation sites is 1. The lowest BCUT2D eigenvalue weighted by molar-refractivity contribution is -0.128. The first-order valence-electron chi connectivity index (χ1n) is 9.34. The van der Waals surface area contributed by atoms with Gasteiger partial charge in [0.2, 0.25) is 10.0 Å². The van der Waals surface area contributed by atoms with Gasteiger partial charge in [0.05, 0.1) is 7.11 Å². The maximum Gasteiger partial charge on any atom is 0.336 e. The molecule has 0 unspecified atom stereocenters. The van der Waals surface area contributed by atoms with Gasteiger partial charge in [-0.15, -0.1) is 0 Å². The van der Waals surface area contributed by atoms with Crippen LogP contribution >= 0.6 is 0 Å². The van der Waals surface area contributed by atoms with Gasteiger partial charge >= 0.3 is 5.97 Å². The Bertz CT molecular complexity index is 1420. The molecule has 0 aliphatic heterocycles. The number of ether oxygens (including phenoxy) is 2. The molecule has 0 bridgehead atoms. The van der Waals surface area contributed by atoms with E-state index in [4.69, 9.17) is 13.9 Å². The average molecular weight is 437 g/mol. The average Bonchev–Trinajstić information content (AvgIpc) is 3.15. The highest BCUT2D eigenvalue weighted by Gasteiger charge is 2.17. The molecule has 4 aromatic rings. The first-order chi connectivity index (χ1) is 14.9. The number of rotatable bonds is 6. The van der Waals surface area contributed by atoms with Crippen molar-refractivity contribution in [2.24, 2.45) is 0 Å². The van der Waals surface area contributed by atoms with E-state index in [-0.39, 0.29) is 10.6 Å². The van der Waals surface area contributed by atoms with E-state index in [1.807, 2.05) is 24.3 Å². The Morgan fingerprint density at radius 2 is 1.77 bits per heavy atom. The number of carbonyl (C=O) groups excluding carboxylic acids is 1. The van der Waals surface area contributed by atoms with E-state index in [0.29, 0.717) is 16.9 Å². The summed E-state index contributed by atoms with van der Waals surface area (Å²) in [5.41, 5.74) is 1.96. The number of nitrogens with one attached hydrogen (secondary N) is 1. The molecule has 0 spiro atoms. The van der Waals surface area contributed by atoms with E-state index in [2.05, 4.69) is 4.72 Å². The van der Waals surface area contributed by atoms with Crippen molar-refractivity contribution >= 4 is 44.0 Å². The Balaban J connectivity index is 1.56. The highest BCUT2D eigenvalue weighted by molar-refractivity contribution is 7.89. The maximum atomic E-state index is 12.3. The molecule has 158 valence electrons. The summed E-state index contributed by atoms with van der Waals surface area (Å²) in [6, 6.07) is 17.3. The maximum absolute atomic E-state index is 12.3. The van der Waals surface area contributed by atoms with Crippen molar-refractivity contribution in [2.75, 3.05) is 14.2 Å². The van der Waals surface area contributed by atoms with Crippen LogP contribution in [0.5, 0.6) is 11.5 Å². The first-order valence-corrected chi connectivity index (χ1v) is 10.8. The minimum absolute atomic E-state index is 0.0229. The molecule has 0 radical (unpaired) electrons. The summed E-state index contributed by atoms with van der Waals surface area (Å²) in [4.78, 5) is 12.3. The lowest BCUT2D eigenvalue weighted by atomic mass is 10.1. The Hall–Kier alpha value is -3.62. The van der Waals surface area contributed by atoms with Crippen LogP contribution in [0.25, 0.3) is 28.0 Å². The summed E-state index contributed by atoms with van der Waals surface area (Å²) in [5, 5.41) is 1.78. The predicted octanol–water partition coefficient (Wildman–Crippen LogP) is 4.12. The molecular formula is C23H19NO6S. The molecular weight excluding hydrogens is 418 g/mol. The molecule has 1 aromatic heterocycles. The third kappa shape index (κ3) is 4.16. The number of hydrogen-bond acceptors (Lipinski definition) is 6. The zero-order valence-electron chi connectivity index (χ0n) is 16.8. The second-order valence-corrected chi connectivity index (χ2v) is 8.48. The fourth-order valence-corrected chi connectivity index (χ4v) is 4.13. The van der Waals surface area contributed by atoms with E-state index >= 15 is 0 Å². The third-order valence-corrected chi connectivity index (χ3v) is 6.16. The van der Waals surface area contributed by atoms with Crippen LogP contribution in [0.1, 0.15) is 5.56 Å². The third-order valence-electron chi connectivity index (χ3n) is 4.72. The second kappa shape index (κ2) is 8.25. The van der Waals surface area contributed by atoms with Gasteiger partial charge < -0.3 is 13.9 Å². The minimum atomic E-state index is -3.72. The van der Waals surface area contributed by atoms with Gasteiger partial charge in [0, 0.05) is 16.8 Å². The van der Waals surface area contributed by atoms with Crippen LogP contribution in [0.3, 0.4) is 0 Å². The smallest absolute Gasteiger partial charge is 0.336 e. The summed E-state index contributed by atoms with van der Waals surface area (Å²) in [7, 11) is -1.02. The van der Waals surface area contributed by atoms with Crippen LogP contribution in [-0.4, -0.2) is 28.5 Å². The molecule has 1 heterocycles. The van der Waals surface area contributed by atoms with Gasteiger partial charge in [0.15, 0.2) is 0 Å². The number of sulfonamides is 1. The molecule has 4 rings (SSSR count). The quantitative estimate of drug-likeness (QED) is 0.277. The number of hydrogen-bond donors (Lipinski definition) is 1. The van der Waals surface area contributed by atoms with Crippen molar-refractivity contribution in [1.29, 1.82) is 0 Å². The topological polar surface area (TPSA) is 94.8 Å². The van der Waals surface area contributed by atoms with Gasteiger partial charge in [0.25, 0.3) is 0 Å². The summed E-state index contributed by atoms with van der Waals surface area (Å²) in [6.07, 6.45) is 2.71. The Kier molecular flexibility index (Phi) is 5.50. The van der Waals surface area contributed by atoms with Crippen molar-refractivity contribution in [3.63, 3.8) is 0 Å². The summed E-state index contributed by atoms with van der Waals surface area (Å²) < 4.78 is 42.9. The number of benzene rings is 3. The molecule has 0 amide bonds. The Morgan fingerprint density at radius 1 is 1.00 bits per heavy atom. The van der Waals surface area contributed by atoms with Crippen LogP contribution in [-0.2, 0) is 14.8 Å². The first kappa shape index (κ1) is 20.6. The predicted molar refractivity (Wildman–Crippen MR) is 118 cm³/mol. The van der Waals surface area contributed by atoms with Crippen molar-refractivity contribution in [1.82, 2.24) is 4.72 Å². The van der Waals surface area contributed by atoms with E-state index in [0.717, 1.165) is 16.4 Å². The van der Waals surface area contributed by atoms with E-state index in [9.17, 15) is 13.2 Å². The van der Waals surface area contributed by atoms with Crippen LogP contribution < -0.4 is 14.2 Å². The van der Waals surface area contributed by atoms with Crippen LogP contribution in [0, 0.1) is 0 Å². The standard InChI is InChI=1S/C23H19NO6S/c1-24-31(26,27)22-13-15(7-10-21(22)28-2)8-12-23(25)29-16-9-11-20-18(14-16)17-5-3-4-6-19(17)30-20/h3-14,24H,1-2H3/b12-8+. The second-order valence-electron chi connectivity index (χ2n) is 6.63. The molecule has 8 heteroatoms. The lowest BCUT2D eigenvalue weighted by Crippen LogP contribution is -2.19. The molecule has 31 heavy (non-hydrogen) atoms. The van der Waals surface area contributed by atoms with Gasteiger partial charge in [-0.3, -0.25) is 0 Å². The number of carbonyl (C=O) groups is 1. The number of furan rings is 1. The SMILES string of the molecule is CNS(=O)(=O)c1cc(/C=C/C(=O)Oc2ccc3oc4ccccc4c3c2)ccc1OC. The summed E-state index contributed by atoms with van der Waals surface area (Å²) >= 11 is 0. The number of methoxy groups -OCH3 is 1. The number of esters is 1. The molecule has 0 saturated carbocycles. The molecule has 0 atom stereocenters. The Labute approximate surface area is 178 Å². The molecule has 0 fully saturated rings. The van der Waals surface area contributed by atoms with Gasteiger partial charge in [-0.2, -0.15) is 0 Å². The molecule has 3 aromatic carbocycles. The van der Waals surface area contributed by atoms with E-state index in [1.165, 1.54) is 38.4 Å². The van der Waals surface area contributed by atoms with Crippen molar-refractivity contribution in [2.45, 2.75) is 4.90 Å². The van der Waals surface area contributed by atoms with E-state index in [1.54, 1.807) is 24.3 Å². The fourth-order valence-electron chi connectivity index (χ4n) is 3.20. The Morgan fingerprint density at radius 3 is 2.55 bits per heavy atom. The van der Waals surface area contributed by atoms with E-state index < -0.39 is 16.0 Å². The molecule has 0 saturated heterocycles. The zero-order valence-corrected chi connectivity index (χ0v) is 17.6. The van der Waals surface area contributed by atoms with Crippen LogP contribution in [0.15, 0.2) is 76.1 Å². The lowest BCUT2D eigenvalue weighted by Gasteiger charge is -2.09. The summed E-state index contributed by atoms with van der Waals surface area (Å²) in [6.45, 7) is 0. The largest absolute Gasteiger partial charge is 0.495 e. The highest BCUT2D eigenvalue weighted by Crippen LogP contribution is 2.31. The van der Waals surface area contributed by atoms with Crippen LogP contribution in [0.4, 0.5) is 0 Å². The summed E-state index contributed by atoms with van der Waals surface area (Å²) in [5.74, 6) is -0.0161. The van der Waals surface area contributed by atoms with Gasteiger partial charge in [0.1, 0.15) is 27.6 Å². The molecule has 7 nitrogen and oxygen atoms in total.